The number of hydrogen-bond acceptors (Lipinski definition) is 1. The molecule has 1 atom stereocenters. The second-order valence-corrected chi connectivity index (χ2v) is 6.85. The first-order valence-corrected chi connectivity index (χ1v) is 7.46. The van der Waals surface area contributed by atoms with Crippen LogP contribution in [0.2, 0.25) is 0 Å². The third-order valence-corrected chi connectivity index (χ3v) is 4.57. The zero-order valence-electron chi connectivity index (χ0n) is 9.90. The van der Waals surface area contributed by atoms with Crippen LogP contribution in [0.15, 0.2) is 29.2 Å². The van der Waals surface area contributed by atoms with Crippen molar-refractivity contribution in [2.75, 3.05) is 0 Å². The number of benzene rings is 1. The molecule has 3 heteroatoms. The second-order valence-electron chi connectivity index (χ2n) is 4.79. The molecule has 88 valence electrons. The average Bonchev–Trinajstić information content (AvgIpc) is 3.01. The van der Waals surface area contributed by atoms with Crippen LogP contribution in [0.1, 0.15) is 38.2 Å². The average molecular weight is 237 g/mol. The summed E-state index contributed by atoms with van der Waals surface area (Å²) in [6.45, 7) is 4.27. The summed E-state index contributed by atoms with van der Waals surface area (Å²) in [5, 5.41) is 0. The molecular formula is C13H19NOS. The summed E-state index contributed by atoms with van der Waals surface area (Å²) >= 11 is 0. The molecule has 1 N–H and O–H groups in total. The Balaban J connectivity index is 2.28. The van der Waals surface area contributed by atoms with E-state index in [0.717, 1.165) is 17.7 Å². The molecule has 1 unspecified atom stereocenters. The van der Waals surface area contributed by atoms with E-state index in [1.165, 1.54) is 5.56 Å². The maximum atomic E-state index is 12.4. The van der Waals surface area contributed by atoms with Crippen LogP contribution >= 0.6 is 0 Å². The molecule has 0 aromatic heterocycles. The van der Waals surface area contributed by atoms with Crippen LogP contribution in [0.25, 0.3) is 0 Å². The molecule has 1 fully saturated rings. The molecule has 1 aliphatic rings. The molecular weight excluding hydrogens is 218 g/mol. The highest BCUT2D eigenvalue weighted by Gasteiger charge is 2.24. The van der Waals surface area contributed by atoms with Gasteiger partial charge in [-0.1, -0.05) is 26.0 Å². The third-order valence-electron chi connectivity index (χ3n) is 2.84. The zero-order chi connectivity index (χ0) is 11.8. The van der Waals surface area contributed by atoms with Crippen LogP contribution in [0.5, 0.6) is 0 Å². The fourth-order valence-corrected chi connectivity index (χ4v) is 3.15. The van der Waals surface area contributed by atoms with E-state index in [1.54, 1.807) is 0 Å². The van der Waals surface area contributed by atoms with Crippen molar-refractivity contribution in [1.82, 2.24) is 4.72 Å². The Morgan fingerprint density at radius 1 is 1.44 bits per heavy atom. The quantitative estimate of drug-likeness (QED) is 0.801. The van der Waals surface area contributed by atoms with Crippen LogP contribution in [0.3, 0.4) is 0 Å². The molecule has 0 aliphatic heterocycles. The minimum atomic E-state index is -2.30. The summed E-state index contributed by atoms with van der Waals surface area (Å²) < 4.78 is 15.5. The fraction of sp³-hybridized carbons (Fsp3) is 0.462. The van der Waals surface area contributed by atoms with Gasteiger partial charge in [0.1, 0.15) is 0 Å². The standard InChI is InChI=1S/C13H19NOS/c1-10(2)11-5-4-6-13(9-11)16(3,15)14-12-7-8-12/h4-6,9-10,12H,3,7-8H2,1-2H3,(H,14,15). The fourth-order valence-electron chi connectivity index (χ4n) is 1.62. The topological polar surface area (TPSA) is 29.1 Å². The molecule has 0 radical (unpaired) electrons. The van der Waals surface area contributed by atoms with Crippen molar-refractivity contribution in [3.63, 3.8) is 0 Å². The van der Waals surface area contributed by atoms with Crippen LogP contribution in [0, 0.1) is 0 Å². The molecule has 16 heavy (non-hydrogen) atoms. The van der Waals surface area contributed by atoms with Crippen LogP contribution in [0.4, 0.5) is 0 Å². The largest absolute Gasteiger partial charge is 0.248 e. The molecule has 0 bridgehead atoms. The normalized spacial score (nSPS) is 19.7. The van der Waals surface area contributed by atoms with Gasteiger partial charge in [-0.3, -0.25) is 0 Å². The maximum Gasteiger partial charge on any atom is 0.0535 e. The van der Waals surface area contributed by atoms with Crippen molar-refractivity contribution in [1.29, 1.82) is 0 Å². The van der Waals surface area contributed by atoms with Gasteiger partial charge in [0.25, 0.3) is 0 Å². The SMILES string of the molecule is C=S(=O)(NC1CC1)c1cccc(C(C)C)c1. The van der Waals surface area contributed by atoms with Gasteiger partial charge in [-0.15, -0.1) is 0 Å². The molecule has 2 rings (SSSR count). The highest BCUT2D eigenvalue weighted by atomic mass is 32.2. The van der Waals surface area contributed by atoms with Crippen molar-refractivity contribution in [3.05, 3.63) is 29.8 Å². The van der Waals surface area contributed by atoms with E-state index in [0.29, 0.717) is 12.0 Å². The highest BCUT2D eigenvalue weighted by molar-refractivity contribution is 7.98. The smallest absolute Gasteiger partial charge is 0.0535 e. The highest BCUT2D eigenvalue weighted by Crippen LogP contribution is 2.23. The van der Waals surface area contributed by atoms with Crippen LogP contribution in [-0.2, 0) is 9.71 Å². The number of nitrogens with one attached hydrogen (secondary N) is 1. The van der Waals surface area contributed by atoms with E-state index in [4.69, 9.17) is 0 Å². The van der Waals surface area contributed by atoms with Crippen LogP contribution in [-0.4, -0.2) is 16.1 Å². The summed E-state index contributed by atoms with van der Waals surface area (Å²) in [4.78, 5) is 0.825. The molecule has 1 saturated carbocycles. The molecule has 0 amide bonds. The Labute approximate surface area is 98.2 Å². The van der Waals surface area contributed by atoms with E-state index in [2.05, 4.69) is 30.5 Å². The predicted molar refractivity (Wildman–Crippen MR) is 70.2 cm³/mol. The summed E-state index contributed by atoms with van der Waals surface area (Å²) in [5.74, 6) is 4.29. The van der Waals surface area contributed by atoms with E-state index in [1.807, 2.05) is 18.2 Å². The van der Waals surface area contributed by atoms with Crippen molar-refractivity contribution in [2.45, 2.75) is 43.5 Å². The van der Waals surface area contributed by atoms with Gasteiger partial charge in [0.2, 0.25) is 0 Å². The molecule has 0 spiro atoms. The van der Waals surface area contributed by atoms with Gasteiger partial charge < -0.3 is 0 Å². The monoisotopic (exact) mass is 237 g/mol. The van der Waals surface area contributed by atoms with Crippen LogP contribution < -0.4 is 4.72 Å². The summed E-state index contributed by atoms with van der Waals surface area (Å²) in [6, 6.07) is 8.35. The molecule has 1 aliphatic carbocycles. The lowest BCUT2D eigenvalue weighted by atomic mass is 10.0. The van der Waals surface area contributed by atoms with Crippen molar-refractivity contribution >= 4 is 15.6 Å². The molecule has 1 aromatic carbocycles. The molecule has 0 heterocycles. The molecule has 0 saturated heterocycles. The Morgan fingerprint density at radius 3 is 2.69 bits per heavy atom. The Kier molecular flexibility index (Phi) is 3.08. The first-order chi connectivity index (χ1) is 7.49. The Morgan fingerprint density at radius 2 is 2.12 bits per heavy atom. The maximum absolute atomic E-state index is 12.4. The van der Waals surface area contributed by atoms with Crippen molar-refractivity contribution in [3.8, 4) is 0 Å². The Hall–Kier alpha value is -0.800. The molecule has 1 aromatic rings. The van der Waals surface area contributed by atoms with Gasteiger partial charge in [-0.25, -0.2) is 8.93 Å². The molecule has 2 nitrogen and oxygen atoms in total. The Bertz CT molecular complexity index is 472. The van der Waals surface area contributed by atoms with Gasteiger partial charge >= 0.3 is 0 Å². The summed E-state index contributed by atoms with van der Waals surface area (Å²) in [7, 11) is -2.30. The lowest BCUT2D eigenvalue weighted by Gasteiger charge is -2.13. The lowest BCUT2D eigenvalue weighted by Crippen LogP contribution is -2.25. The number of rotatable bonds is 4. The van der Waals surface area contributed by atoms with Crippen molar-refractivity contribution in [2.24, 2.45) is 0 Å². The van der Waals surface area contributed by atoms with E-state index < -0.39 is 9.71 Å². The van der Waals surface area contributed by atoms with Crippen molar-refractivity contribution < 1.29 is 4.21 Å². The van der Waals surface area contributed by atoms with E-state index in [-0.39, 0.29) is 0 Å². The predicted octanol–water partition coefficient (Wildman–Crippen LogP) is 2.55. The van der Waals surface area contributed by atoms with E-state index >= 15 is 0 Å². The zero-order valence-corrected chi connectivity index (χ0v) is 10.7. The van der Waals surface area contributed by atoms with Gasteiger partial charge in [-0.2, -0.15) is 0 Å². The second kappa shape index (κ2) is 4.22. The minimum absolute atomic E-state index is 0.410. The van der Waals surface area contributed by atoms with E-state index in [9.17, 15) is 4.21 Å². The van der Waals surface area contributed by atoms with Gasteiger partial charge in [0, 0.05) is 10.9 Å². The lowest BCUT2D eigenvalue weighted by molar-refractivity contribution is 0.669. The first-order valence-electron chi connectivity index (χ1n) is 5.73. The van der Waals surface area contributed by atoms with Gasteiger partial charge in [0.05, 0.1) is 9.71 Å². The number of hydrogen-bond donors (Lipinski definition) is 1. The van der Waals surface area contributed by atoms with Gasteiger partial charge in [-0.05, 0) is 42.3 Å². The summed E-state index contributed by atoms with van der Waals surface area (Å²) in [5.41, 5.74) is 1.21. The third kappa shape index (κ3) is 2.66. The minimum Gasteiger partial charge on any atom is -0.248 e. The first kappa shape index (κ1) is 11.7. The summed E-state index contributed by atoms with van der Waals surface area (Å²) in [6.07, 6.45) is 2.24. The van der Waals surface area contributed by atoms with Gasteiger partial charge in [0.15, 0.2) is 0 Å².